The number of hydrogen-bond donors (Lipinski definition) is 4. The van der Waals surface area contributed by atoms with Crippen LogP contribution in [-0.4, -0.2) is 89.0 Å². The number of carbonyl (C=O) groups excluding carboxylic acids is 2. The van der Waals surface area contributed by atoms with E-state index >= 15 is 0 Å². The van der Waals surface area contributed by atoms with Crippen LogP contribution in [0.25, 0.3) is 0 Å². The number of aliphatic hydroxyl groups excluding tert-OH is 4. The molecule has 10 heteroatoms. The summed E-state index contributed by atoms with van der Waals surface area (Å²) in [6.45, 7) is 3.39. The molecule has 10 nitrogen and oxygen atoms in total. The Morgan fingerprint density at radius 1 is 0.526 bits per heavy atom. The maximum absolute atomic E-state index is 12.8. The minimum absolute atomic E-state index is 0.216. The minimum atomic E-state index is -1.59. The molecule has 4 N–H and O–H groups in total. The van der Waals surface area contributed by atoms with Crippen LogP contribution in [0.4, 0.5) is 0 Å². The van der Waals surface area contributed by atoms with E-state index in [0.717, 1.165) is 44.9 Å². The summed E-state index contributed by atoms with van der Waals surface area (Å²) in [7, 11) is 0. The average Bonchev–Trinajstić information content (AvgIpc) is 3.21. The monoisotopic (exact) mass is 811 g/mol. The van der Waals surface area contributed by atoms with Gasteiger partial charge >= 0.3 is 11.9 Å². The molecular formula is C47H86O10. The molecule has 1 heterocycles. The van der Waals surface area contributed by atoms with Gasteiger partial charge in [0.15, 0.2) is 12.4 Å². The van der Waals surface area contributed by atoms with Gasteiger partial charge in [-0.3, -0.25) is 9.59 Å². The predicted molar refractivity (Wildman–Crippen MR) is 229 cm³/mol. The van der Waals surface area contributed by atoms with E-state index in [0.29, 0.717) is 6.42 Å². The topological polar surface area (TPSA) is 152 Å². The van der Waals surface area contributed by atoms with Gasteiger partial charge in [0.05, 0.1) is 13.2 Å². The highest BCUT2D eigenvalue weighted by molar-refractivity contribution is 5.70. The van der Waals surface area contributed by atoms with Gasteiger partial charge in [-0.05, 0) is 57.8 Å². The van der Waals surface area contributed by atoms with Crippen LogP contribution in [0.1, 0.15) is 206 Å². The number of allylic oxidation sites excluding steroid dienone is 4. The molecule has 0 saturated carbocycles. The fourth-order valence-electron chi connectivity index (χ4n) is 7.05. The van der Waals surface area contributed by atoms with E-state index in [-0.39, 0.29) is 32.0 Å². The molecule has 0 bridgehead atoms. The SMILES string of the molecule is CCCC/C=C/CCCCCCCCCCCC(=O)OC[C@H](CO[C@@H]1O[C@H](CO)[C@H](O)C(O)C1O)OC(=O)CCCCCCCCCCC/C=C/CCCCCC. The van der Waals surface area contributed by atoms with Crippen LogP contribution >= 0.6 is 0 Å². The number of unbranched alkanes of at least 4 members (excludes halogenated alkanes) is 24. The van der Waals surface area contributed by atoms with Crippen molar-refractivity contribution >= 4 is 11.9 Å². The summed E-state index contributed by atoms with van der Waals surface area (Å²) in [5, 5.41) is 40.1. The predicted octanol–water partition coefficient (Wildman–Crippen LogP) is 10.1. The molecule has 1 rings (SSSR count). The van der Waals surface area contributed by atoms with Crippen molar-refractivity contribution in [1.82, 2.24) is 0 Å². The van der Waals surface area contributed by atoms with Crippen LogP contribution < -0.4 is 0 Å². The van der Waals surface area contributed by atoms with Gasteiger partial charge < -0.3 is 39.4 Å². The van der Waals surface area contributed by atoms with Gasteiger partial charge in [0.25, 0.3) is 0 Å². The number of hydrogen-bond acceptors (Lipinski definition) is 10. The molecule has 1 aliphatic rings. The van der Waals surface area contributed by atoms with E-state index in [9.17, 15) is 30.0 Å². The molecule has 2 unspecified atom stereocenters. The van der Waals surface area contributed by atoms with E-state index in [1.165, 1.54) is 128 Å². The van der Waals surface area contributed by atoms with Gasteiger partial charge in [0, 0.05) is 12.8 Å². The lowest BCUT2D eigenvalue weighted by molar-refractivity contribution is -0.305. The average molecular weight is 811 g/mol. The van der Waals surface area contributed by atoms with Crippen LogP contribution in [0.15, 0.2) is 24.3 Å². The molecule has 1 saturated heterocycles. The Labute approximate surface area is 347 Å². The second-order valence-corrected chi connectivity index (χ2v) is 16.2. The summed E-state index contributed by atoms with van der Waals surface area (Å²) in [6, 6.07) is 0. The van der Waals surface area contributed by atoms with Crippen molar-refractivity contribution in [3.05, 3.63) is 24.3 Å². The van der Waals surface area contributed by atoms with Crippen LogP contribution in [-0.2, 0) is 28.5 Å². The number of rotatable bonds is 39. The molecule has 0 amide bonds. The van der Waals surface area contributed by atoms with E-state index in [4.69, 9.17) is 18.9 Å². The zero-order valence-corrected chi connectivity index (χ0v) is 36.3. The zero-order valence-electron chi connectivity index (χ0n) is 36.3. The highest BCUT2D eigenvalue weighted by atomic mass is 16.7. The first-order valence-electron chi connectivity index (χ1n) is 23.4. The maximum atomic E-state index is 12.8. The second kappa shape index (κ2) is 38.4. The molecule has 0 aliphatic carbocycles. The highest BCUT2D eigenvalue weighted by Crippen LogP contribution is 2.23. The second-order valence-electron chi connectivity index (χ2n) is 16.2. The van der Waals surface area contributed by atoms with Gasteiger partial charge in [-0.1, -0.05) is 160 Å². The van der Waals surface area contributed by atoms with Crippen LogP contribution in [0, 0.1) is 0 Å². The van der Waals surface area contributed by atoms with Crippen molar-refractivity contribution in [2.75, 3.05) is 19.8 Å². The van der Waals surface area contributed by atoms with Crippen LogP contribution in [0.5, 0.6) is 0 Å². The zero-order chi connectivity index (χ0) is 41.6. The Morgan fingerprint density at radius 2 is 0.947 bits per heavy atom. The third-order valence-electron chi connectivity index (χ3n) is 10.8. The van der Waals surface area contributed by atoms with Gasteiger partial charge in [-0.25, -0.2) is 0 Å². The summed E-state index contributed by atoms with van der Waals surface area (Å²) < 4.78 is 22.2. The third kappa shape index (κ3) is 30.0. The van der Waals surface area contributed by atoms with Crippen molar-refractivity contribution in [2.24, 2.45) is 0 Å². The van der Waals surface area contributed by atoms with Crippen molar-refractivity contribution in [2.45, 2.75) is 243 Å². The van der Waals surface area contributed by atoms with Gasteiger partial charge in [0.2, 0.25) is 0 Å². The molecular weight excluding hydrogens is 725 g/mol. The molecule has 57 heavy (non-hydrogen) atoms. The van der Waals surface area contributed by atoms with E-state index < -0.39 is 49.4 Å². The third-order valence-corrected chi connectivity index (χ3v) is 10.8. The lowest BCUT2D eigenvalue weighted by Gasteiger charge is -2.39. The first-order valence-corrected chi connectivity index (χ1v) is 23.4. The molecule has 334 valence electrons. The number of carbonyl (C=O) groups is 2. The van der Waals surface area contributed by atoms with Crippen molar-refractivity contribution < 1.29 is 49.0 Å². The van der Waals surface area contributed by atoms with Crippen LogP contribution in [0.2, 0.25) is 0 Å². The Hall–Kier alpha value is -1.82. The number of aliphatic hydroxyl groups is 4. The fraction of sp³-hybridized carbons (Fsp3) is 0.872. The number of esters is 2. The first kappa shape index (κ1) is 53.2. The van der Waals surface area contributed by atoms with Gasteiger partial charge in [-0.2, -0.15) is 0 Å². The van der Waals surface area contributed by atoms with E-state index in [1.54, 1.807) is 0 Å². The fourth-order valence-corrected chi connectivity index (χ4v) is 7.05. The smallest absolute Gasteiger partial charge is 0.306 e. The minimum Gasteiger partial charge on any atom is -0.462 e. The summed E-state index contributed by atoms with van der Waals surface area (Å²) in [6.07, 6.45) is 34.6. The van der Waals surface area contributed by atoms with E-state index in [2.05, 4.69) is 38.2 Å². The number of ether oxygens (including phenoxy) is 4. The highest BCUT2D eigenvalue weighted by Gasteiger charge is 2.44. The Balaban J connectivity index is 2.30. The van der Waals surface area contributed by atoms with Crippen molar-refractivity contribution in [3.8, 4) is 0 Å². The standard InChI is InChI=1S/C47H86O10/c1-3-5-7-9-11-13-15-17-19-20-22-24-26-28-30-32-34-36-43(50)56-40(39-55-47-46(53)45(52)44(51)41(37-48)57-47)38-54-42(49)35-33-31-29-27-25-23-21-18-16-14-12-10-8-6-4-2/h10,12-13,15,40-41,44-48,51-53H,3-9,11,14,16-39H2,1-2H3/b12-10+,15-13+/t40-,41-,44+,45?,46?,47-/m1/s1. The quantitative estimate of drug-likeness (QED) is 0.0268. The molecule has 0 spiro atoms. The normalized spacial score (nSPS) is 20.4. The summed E-state index contributed by atoms with van der Waals surface area (Å²) >= 11 is 0. The van der Waals surface area contributed by atoms with E-state index in [1.807, 2.05) is 0 Å². The van der Waals surface area contributed by atoms with Gasteiger partial charge in [0.1, 0.15) is 31.0 Å². The first-order chi connectivity index (χ1) is 27.8. The molecule has 6 atom stereocenters. The largest absolute Gasteiger partial charge is 0.462 e. The summed E-state index contributed by atoms with van der Waals surface area (Å²) in [5.41, 5.74) is 0. The molecule has 0 aromatic carbocycles. The molecule has 1 fully saturated rings. The lowest BCUT2D eigenvalue weighted by Crippen LogP contribution is -2.59. The Morgan fingerprint density at radius 3 is 1.42 bits per heavy atom. The Kier molecular flexibility index (Phi) is 35.8. The molecule has 1 aliphatic heterocycles. The summed E-state index contributed by atoms with van der Waals surface area (Å²) in [5.74, 6) is -0.805. The molecule has 0 radical (unpaired) electrons. The van der Waals surface area contributed by atoms with Crippen LogP contribution in [0.3, 0.4) is 0 Å². The van der Waals surface area contributed by atoms with Crippen molar-refractivity contribution in [3.63, 3.8) is 0 Å². The summed E-state index contributed by atoms with van der Waals surface area (Å²) in [4.78, 5) is 25.4. The van der Waals surface area contributed by atoms with Crippen molar-refractivity contribution in [1.29, 1.82) is 0 Å². The molecule has 0 aromatic heterocycles. The molecule has 0 aromatic rings. The maximum Gasteiger partial charge on any atom is 0.306 e. The van der Waals surface area contributed by atoms with Gasteiger partial charge in [-0.15, -0.1) is 0 Å². The lowest BCUT2D eigenvalue weighted by atomic mass is 9.99. The Bertz CT molecular complexity index is 985.